The Hall–Kier alpha value is -1.34. The van der Waals surface area contributed by atoms with Crippen LogP contribution < -0.4 is 0 Å². The highest BCUT2D eigenvalue weighted by Gasteiger charge is 2.24. The van der Waals surface area contributed by atoms with E-state index in [1.54, 1.807) is 18.2 Å². The lowest BCUT2D eigenvalue weighted by Gasteiger charge is -2.21. The second-order valence-electron chi connectivity index (χ2n) is 4.42. The average molecular weight is 330 g/mol. The van der Waals surface area contributed by atoms with Crippen molar-refractivity contribution in [1.82, 2.24) is 4.31 Å². The second kappa shape index (κ2) is 7.09. The Morgan fingerprint density at radius 2 is 2.14 bits per heavy atom. The third-order valence-electron chi connectivity index (χ3n) is 2.92. The van der Waals surface area contributed by atoms with Crippen LogP contribution in [0.3, 0.4) is 0 Å². The third-order valence-corrected chi connectivity index (χ3v) is 4.99. The van der Waals surface area contributed by atoms with Gasteiger partial charge in [-0.2, -0.15) is 4.31 Å². The molecule has 0 radical (unpaired) electrons. The summed E-state index contributed by atoms with van der Waals surface area (Å²) >= 11 is 5.88. The first-order valence-corrected chi connectivity index (χ1v) is 8.11. The molecule has 0 bridgehead atoms. The molecule has 0 aliphatic rings. The number of benzene rings is 1. The van der Waals surface area contributed by atoms with Crippen LogP contribution in [0.1, 0.15) is 5.56 Å². The number of halogens is 1. The van der Waals surface area contributed by atoms with Gasteiger partial charge >= 0.3 is 0 Å². The fraction of sp³-hybridized carbons (Fsp3) is 0.286. The fourth-order valence-electron chi connectivity index (χ4n) is 1.84. The lowest BCUT2D eigenvalue weighted by Crippen LogP contribution is -2.33. The van der Waals surface area contributed by atoms with Gasteiger partial charge in [0.25, 0.3) is 0 Å². The molecular formula is C14H16ClNO4S. The Labute approximate surface area is 129 Å². The van der Waals surface area contributed by atoms with E-state index in [9.17, 15) is 8.42 Å². The zero-order valence-electron chi connectivity index (χ0n) is 11.5. The smallest absolute Gasteiger partial charge is 0.243 e. The van der Waals surface area contributed by atoms with E-state index < -0.39 is 10.0 Å². The van der Waals surface area contributed by atoms with E-state index >= 15 is 0 Å². The second-order valence-corrected chi connectivity index (χ2v) is 6.79. The van der Waals surface area contributed by atoms with Gasteiger partial charge in [0.1, 0.15) is 0 Å². The number of sulfonamides is 1. The van der Waals surface area contributed by atoms with Crippen LogP contribution >= 0.6 is 11.6 Å². The SMILES string of the molecule is COCCN(Cc1ccoc1)S(=O)(=O)c1cccc(Cl)c1. The molecule has 21 heavy (non-hydrogen) atoms. The first-order valence-electron chi connectivity index (χ1n) is 6.30. The minimum absolute atomic E-state index is 0.162. The Bertz CT molecular complexity index is 670. The molecule has 0 saturated carbocycles. The van der Waals surface area contributed by atoms with Gasteiger partial charge in [0.15, 0.2) is 0 Å². The molecule has 114 valence electrons. The zero-order valence-corrected chi connectivity index (χ0v) is 13.1. The van der Waals surface area contributed by atoms with Crippen molar-refractivity contribution >= 4 is 21.6 Å². The number of rotatable bonds is 7. The minimum Gasteiger partial charge on any atom is -0.472 e. The van der Waals surface area contributed by atoms with Gasteiger partial charge in [-0.1, -0.05) is 17.7 Å². The lowest BCUT2D eigenvalue weighted by molar-refractivity contribution is 0.177. The topological polar surface area (TPSA) is 59.8 Å². The minimum atomic E-state index is -3.64. The van der Waals surface area contributed by atoms with Crippen molar-refractivity contribution in [2.24, 2.45) is 0 Å². The summed E-state index contributed by atoms with van der Waals surface area (Å²) in [7, 11) is -2.11. The van der Waals surface area contributed by atoms with Crippen LogP contribution in [-0.4, -0.2) is 33.0 Å². The molecule has 0 spiro atoms. The molecule has 2 rings (SSSR count). The van der Waals surface area contributed by atoms with Crippen molar-refractivity contribution in [3.05, 3.63) is 53.4 Å². The van der Waals surface area contributed by atoms with Crippen molar-refractivity contribution in [2.75, 3.05) is 20.3 Å². The predicted molar refractivity (Wildman–Crippen MR) is 79.6 cm³/mol. The number of hydrogen-bond donors (Lipinski definition) is 0. The first-order chi connectivity index (χ1) is 10.0. The maximum atomic E-state index is 12.7. The van der Waals surface area contributed by atoms with Crippen LogP contribution in [0.5, 0.6) is 0 Å². The predicted octanol–water partition coefficient (Wildman–Crippen LogP) is 2.77. The Morgan fingerprint density at radius 3 is 2.76 bits per heavy atom. The van der Waals surface area contributed by atoms with Crippen molar-refractivity contribution < 1.29 is 17.6 Å². The van der Waals surface area contributed by atoms with Crippen LogP contribution in [0.15, 0.2) is 52.2 Å². The van der Waals surface area contributed by atoms with Crippen LogP contribution in [0, 0.1) is 0 Å². The molecule has 0 aliphatic carbocycles. The number of hydrogen-bond acceptors (Lipinski definition) is 4. The molecule has 5 nitrogen and oxygen atoms in total. The summed E-state index contributed by atoms with van der Waals surface area (Å²) in [6, 6.07) is 7.94. The lowest BCUT2D eigenvalue weighted by atomic mass is 10.3. The van der Waals surface area contributed by atoms with Gasteiger partial charge in [0.05, 0.1) is 24.0 Å². The van der Waals surface area contributed by atoms with Gasteiger partial charge in [-0.15, -0.1) is 0 Å². The molecule has 0 unspecified atom stereocenters. The fourth-order valence-corrected chi connectivity index (χ4v) is 3.55. The quantitative estimate of drug-likeness (QED) is 0.783. The standard InChI is InChI=1S/C14H16ClNO4S/c1-19-8-6-16(10-12-5-7-20-11-12)21(17,18)14-4-2-3-13(15)9-14/h2-5,7,9,11H,6,8,10H2,1H3. The van der Waals surface area contributed by atoms with Gasteiger partial charge < -0.3 is 9.15 Å². The van der Waals surface area contributed by atoms with E-state index in [1.165, 1.54) is 36.1 Å². The Balaban J connectivity index is 2.29. The van der Waals surface area contributed by atoms with Crippen LogP contribution in [-0.2, 0) is 21.3 Å². The first kappa shape index (κ1) is 16.0. The molecular weight excluding hydrogens is 314 g/mol. The highest BCUT2D eigenvalue weighted by Crippen LogP contribution is 2.21. The molecule has 1 heterocycles. The molecule has 0 aliphatic heterocycles. The van der Waals surface area contributed by atoms with Crippen molar-refractivity contribution in [3.63, 3.8) is 0 Å². The summed E-state index contributed by atoms with van der Waals surface area (Å²) in [4.78, 5) is 0.162. The molecule has 0 saturated heterocycles. The van der Waals surface area contributed by atoms with E-state index in [-0.39, 0.29) is 18.0 Å². The van der Waals surface area contributed by atoms with Crippen LogP contribution in [0.2, 0.25) is 5.02 Å². The molecule has 0 amide bonds. The van der Waals surface area contributed by atoms with E-state index in [4.69, 9.17) is 20.8 Å². The number of nitrogens with zero attached hydrogens (tertiary/aromatic N) is 1. The van der Waals surface area contributed by atoms with Gasteiger partial charge in [-0.3, -0.25) is 0 Å². The maximum absolute atomic E-state index is 12.7. The van der Waals surface area contributed by atoms with Gasteiger partial charge in [-0.05, 0) is 24.3 Å². The number of ether oxygens (including phenoxy) is 1. The average Bonchev–Trinajstić information content (AvgIpc) is 2.96. The Kier molecular flexibility index (Phi) is 5.41. The summed E-state index contributed by atoms with van der Waals surface area (Å²) in [6.07, 6.45) is 3.03. The summed E-state index contributed by atoms with van der Waals surface area (Å²) in [5.74, 6) is 0. The van der Waals surface area contributed by atoms with Crippen LogP contribution in [0.25, 0.3) is 0 Å². The largest absolute Gasteiger partial charge is 0.472 e. The summed E-state index contributed by atoms with van der Waals surface area (Å²) < 4.78 is 36.7. The summed E-state index contributed by atoms with van der Waals surface area (Å²) in [5, 5.41) is 0.381. The molecule has 0 N–H and O–H groups in total. The van der Waals surface area contributed by atoms with E-state index in [1.807, 2.05) is 0 Å². The van der Waals surface area contributed by atoms with Crippen molar-refractivity contribution in [3.8, 4) is 0 Å². The summed E-state index contributed by atoms with van der Waals surface area (Å²) in [6.45, 7) is 0.767. The van der Waals surface area contributed by atoms with Crippen molar-refractivity contribution in [1.29, 1.82) is 0 Å². The normalized spacial score (nSPS) is 12.0. The van der Waals surface area contributed by atoms with Gasteiger partial charge in [-0.25, -0.2) is 8.42 Å². The molecule has 2 aromatic rings. The number of methoxy groups -OCH3 is 1. The molecule has 1 aromatic carbocycles. The summed E-state index contributed by atoms with van der Waals surface area (Å²) in [5.41, 5.74) is 0.775. The molecule has 7 heteroatoms. The Morgan fingerprint density at radius 1 is 1.33 bits per heavy atom. The molecule has 1 aromatic heterocycles. The highest BCUT2D eigenvalue weighted by atomic mass is 35.5. The third kappa shape index (κ3) is 4.07. The molecule has 0 fully saturated rings. The van der Waals surface area contributed by atoms with E-state index in [0.29, 0.717) is 11.6 Å². The van der Waals surface area contributed by atoms with Crippen molar-refractivity contribution in [2.45, 2.75) is 11.4 Å². The van der Waals surface area contributed by atoms with Gasteiger partial charge in [0, 0.05) is 30.8 Å². The van der Waals surface area contributed by atoms with Gasteiger partial charge in [0.2, 0.25) is 10.0 Å². The zero-order chi connectivity index (χ0) is 15.3. The highest BCUT2D eigenvalue weighted by molar-refractivity contribution is 7.89. The van der Waals surface area contributed by atoms with E-state index in [2.05, 4.69) is 0 Å². The maximum Gasteiger partial charge on any atom is 0.243 e. The van der Waals surface area contributed by atoms with E-state index in [0.717, 1.165) is 5.56 Å². The molecule has 0 atom stereocenters. The monoisotopic (exact) mass is 329 g/mol. The number of furan rings is 1. The van der Waals surface area contributed by atoms with Crippen LogP contribution in [0.4, 0.5) is 0 Å².